The van der Waals surface area contributed by atoms with E-state index in [4.69, 9.17) is 9.84 Å². The van der Waals surface area contributed by atoms with Crippen LogP contribution in [-0.4, -0.2) is 33.6 Å². The van der Waals surface area contributed by atoms with Gasteiger partial charge >= 0.3 is 0 Å². The van der Waals surface area contributed by atoms with E-state index in [0.29, 0.717) is 12.2 Å². The molecule has 6 heteroatoms. The summed E-state index contributed by atoms with van der Waals surface area (Å²) in [5.74, 6) is 0.461. The van der Waals surface area contributed by atoms with Crippen LogP contribution in [0.5, 0.6) is 5.75 Å². The second-order valence-corrected chi connectivity index (χ2v) is 8.61. The fraction of sp³-hybridized carbons (Fsp3) is 0.400. The standard InChI is InChI=1S/C25H32FN3O2/c1-18(8-7-15-25(2,3)30)27-16-20-17-29(23-10-6-5-9-22(23)26)28-24(20)19-11-13-21(31-4)14-12-19/h5-6,9-14,17-18,27,30H,7-8,15-16H2,1-4H3/t18-/m1/s1. The van der Waals surface area contributed by atoms with E-state index in [-0.39, 0.29) is 11.9 Å². The van der Waals surface area contributed by atoms with Crippen LogP contribution in [0.15, 0.2) is 54.7 Å². The van der Waals surface area contributed by atoms with Gasteiger partial charge < -0.3 is 15.2 Å². The molecule has 0 fully saturated rings. The Morgan fingerprint density at radius 1 is 1.16 bits per heavy atom. The van der Waals surface area contributed by atoms with E-state index >= 15 is 0 Å². The number of aromatic nitrogens is 2. The molecule has 5 nitrogen and oxygen atoms in total. The molecule has 0 aliphatic heterocycles. The van der Waals surface area contributed by atoms with Gasteiger partial charge in [0.2, 0.25) is 0 Å². The summed E-state index contributed by atoms with van der Waals surface area (Å²) in [6.07, 6.45) is 4.55. The fourth-order valence-electron chi connectivity index (χ4n) is 3.52. The van der Waals surface area contributed by atoms with Crippen LogP contribution in [-0.2, 0) is 6.54 Å². The van der Waals surface area contributed by atoms with Gasteiger partial charge in [0, 0.05) is 29.9 Å². The minimum absolute atomic E-state index is 0.280. The maximum absolute atomic E-state index is 14.4. The Morgan fingerprint density at radius 2 is 1.87 bits per heavy atom. The molecule has 31 heavy (non-hydrogen) atoms. The van der Waals surface area contributed by atoms with Crippen molar-refractivity contribution in [3.63, 3.8) is 0 Å². The number of hydrogen-bond donors (Lipinski definition) is 2. The minimum atomic E-state index is -0.637. The van der Waals surface area contributed by atoms with E-state index in [2.05, 4.69) is 12.2 Å². The predicted molar refractivity (Wildman–Crippen MR) is 122 cm³/mol. The van der Waals surface area contributed by atoms with E-state index < -0.39 is 5.60 Å². The number of aliphatic hydroxyl groups is 1. The Morgan fingerprint density at radius 3 is 2.52 bits per heavy atom. The lowest BCUT2D eigenvalue weighted by Gasteiger charge is -2.19. The van der Waals surface area contributed by atoms with Crippen LogP contribution in [0.3, 0.4) is 0 Å². The number of ether oxygens (including phenoxy) is 1. The van der Waals surface area contributed by atoms with Gasteiger partial charge in [0.15, 0.2) is 0 Å². The second-order valence-electron chi connectivity index (χ2n) is 8.61. The molecule has 2 aromatic carbocycles. The summed E-state index contributed by atoms with van der Waals surface area (Å²) in [7, 11) is 1.64. The van der Waals surface area contributed by atoms with Gasteiger partial charge in [-0.2, -0.15) is 5.10 Å². The molecule has 0 radical (unpaired) electrons. The normalized spacial score (nSPS) is 12.7. The zero-order valence-electron chi connectivity index (χ0n) is 18.7. The summed E-state index contributed by atoms with van der Waals surface area (Å²) in [5.41, 5.74) is 2.52. The molecule has 0 saturated heterocycles. The van der Waals surface area contributed by atoms with Gasteiger partial charge in [-0.15, -0.1) is 0 Å². The molecular weight excluding hydrogens is 393 g/mol. The number of nitrogens with zero attached hydrogens (tertiary/aromatic N) is 2. The third-order valence-electron chi connectivity index (χ3n) is 5.32. The summed E-state index contributed by atoms with van der Waals surface area (Å²) < 4.78 is 21.2. The highest BCUT2D eigenvalue weighted by Crippen LogP contribution is 2.26. The number of hydrogen-bond acceptors (Lipinski definition) is 4. The highest BCUT2D eigenvalue weighted by atomic mass is 19.1. The number of halogens is 1. The van der Waals surface area contributed by atoms with E-state index in [1.54, 1.807) is 30.0 Å². The highest BCUT2D eigenvalue weighted by molar-refractivity contribution is 5.64. The molecule has 3 rings (SSSR count). The largest absolute Gasteiger partial charge is 0.497 e. The summed E-state index contributed by atoms with van der Waals surface area (Å²) in [5, 5.41) is 18.1. The molecular formula is C25H32FN3O2. The van der Waals surface area contributed by atoms with Gasteiger partial charge in [0.1, 0.15) is 17.3 Å². The predicted octanol–water partition coefficient (Wildman–Crippen LogP) is 5.11. The molecule has 1 atom stereocenters. The van der Waals surface area contributed by atoms with Gasteiger partial charge in [-0.25, -0.2) is 9.07 Å². The van der Waals surface area contributed by atoms with Crippen molar-refractivity contribution in [3.05, 3.63) is 66.1 Å². The monoisotopic (exact) mass is 425 g/mol. The van der Waals surface area contributed by atoms with Gasteiger partial charge in [0.25, 0.3) is 0 Å². The van der Waals surface area contributed by atoms with Gasteiger partial charge in [-0.3, -0.25) is 0 Å². The average molecular weight is 426 g/mol. The van der Waals surface area contributed by atoms with E-state index in [1.807, 2.05) is 44.3 Å². The van der Waals surface area contributed by atoms with Crippen molar-refractivity contribution in [3.8, 4) is 22.7 Å². The third-order valence-corrected chi connectivity index (χ3v) is 5.32. The van der Waals surface area contributed by atoms with Crippen molar-refractivity contribution in [1.82, 2.24) is 15.1 Å². The van der Waals surface area contributed by atoms with E-state index in [9.17, 15) is 9.50 Å². The molecule has 0 bridgehead atoms. The molecule has 0 amide bonds. The first-order chi connectivity index (χ1) is 14.8. The quantitative estimate of drug-likeness (QED) is 0.474. The zero-order chi connectivity index (χ0) is 22.4. The Kier molecular flexibility index (Phi) is 7.46. The summed E-state index contributed by atoms with van der Waals surface area (Å²) in [4.78, 5) is 0. The lowest BCUT2D eigenvalue weighted by atomic mass is 9.99. The summed E-state index contributed by atoms with van der Waals surface area (Å²) >= 11 is 0. The number of rotatable bonds is 10. The molecule has 3 aromatic rings. The third kappa shape index (κ3) is 6.39. The van der Waals surface area contributed by atoms with Crippen LogP contribution >= 0.6 is 0 Å². The fourth-order valence-corrected chi connectivity index (χ4v) is 3.52. The van der Waals surface area contributed by atoms with Gasteiger partial charge in [-0.1, -0.05) is 12.1 Å². The first-order valence-electron chi connectivity index (χ1n) is 10.7. The lowest BCUT2D eigenvalue weighted by Crippen LogP contribution is -2.26. The topological polar surface area (TPSA) is 59.3 Å². The number of nitrogens with one attached hydrogen (secondary N) is 1. The maximum atomic E-state index is 14.4. The molecule has 1 aromatic heterocycles. The van der Waals surface area contributed by atoms with Crippen molar-refractivity contribution in [2.75, 3.05) is 7.11 Å². The maximum Gasteiger partial charge on any atom is 0.148 e. The molecule has 0 aliphatic carbocycles. The zero-order valence-corrected chi connectivity index (χ0v) is 18.7. The number of para-hydroxylation sites is 1. The molecule has 1 heterocycles. The van der Waals surface area contributed by atoms with Gasteiger partial charge in [0.05, 0.1) is 18.4 Å². The van der Waals surface area contributed by atoms with Crippen LogP contribution in [0.2, 0.25) is 0 Å². The highest BCUT2D eigenvalue weighted by Gasteiger charge is 2.16. The van der Waals surface area contributed by atoms with Crippen molar-refractivity contribution in [2.45, 2.75) is 58.2 Å². The van der Waals surface area contributed by atoms with Crippen molar-refractivity contribution < 1.29 is 14.2 Å². The van der Waals surface area contributed by atoms with Crippen LogP contribution < -0.4 is 10.1 Å². The van der Waals surface area contributed by atoms with Crippen LogP contribution in [0.4, 0.5) is 4.39 Å². The Bertz CT molecular complexity index is 977. The summed E-state index contributed by atoms with van der Waals surface area (Å²) in [6, 6.07) is 14.6. The van der Waals surface area contributed by atoms with Crippen molar-refractivity contribution in [1.29, 1.82) is 0 Å². The SMILES string of the molecule is COc1ccc(-c2nn(-c3ccccc3F)cc2CN[C@H](C)CCCC(C)(C)O)cc1. The van der Waals surface area contributed by atoms with E-state index in [1.165, 1.54) is 6.07 Å². The molecule has 2 N–H and O–H groups in total. The summed E-state index contributed by atoms with van der Waals surface area (Å²) in [6.45, 7) is 6.42. The van der Waals surface area contributed by atoms with Crippen LogP contribution in [0.1, 0.15) is 45.6 Å². The Labute approximate surface area is 183 Å². The number of methoxy groups -OCH3 is 1. The smallest absolute Gasteiger partial charge is 0.148 e. The first-order valence-corrected chi connectivity index (χ1v) is 10.7. The Balaban J connectivity index is 1.81. The second kappa shape index (κ2) is 10.1. The molecule has 0 spiro atoms. The van der Waals surface area contributed by atoms with Crippen LogP contribution in [0.25, 0.3) is 16.9 Å². The van der Waals surface area contributed by atoms with Gasteiger partial charge in [-0.05, 0) is 76.4 Å². The van der Waals surface area contributed by atoms with E-state index in [0.717, 1.165) is 41.8 Å². The molecule has 0 aliphatic rings. The number of benzene rings is 2. The van der Waals surface area contributed by atoms with Crippen molar-refractivity contribution >= 4 is 0 Å². The average Bonchev–Trinajstić information content (AvgIpc) is 3.15. The molecule has 166 valence electrons. The molecule has 0 unspecified atom stereocenters. The Hall–Kier alpha value is -2.70. The lowest BCUT2D eigenvalue weighted by molar-refractivity contribution is 0.0675. The van der Waals surface area contributed by atoms with Crippen molar-refractivity contribution in [2.24, 2.45) is 0 Å². The molecule has 0 saturated carbocycles. The minimum Gasteiger partial charge on any atom is -0.497 e. The first kappa shape index (κ1) is 23.0. The van der Waals surface area contributed by atoms with Crippen LogP contribution in [0, 0.1) is 5.82 Å².